The topological polar surface area (TPSA) is 102 Å². The molecule has 0 bridgehead atoms. The maximum atomic E-state index is 12.7. The van der Waals surface area contributed by atoms with Gasteiger partial charge in [0.2, 0.25) is 5.91 Å². The summed E-state index contributed by atoms with van der Waals surface area (Å²) in [5.74, 6) is -0.344. The van der Waals surface area contributed by atoms with Crippen LogP contribution in [-0.4, -0.2) is 33.7 Å². The molecule has 1 aliphatic rings. The quantitative estimate of drug-likeness (QED) is 0.637. The molecule has 134 valence electrons. The lowest BCUT2D eigenvalue weighted by molar-refractivity contribution is -0.384. The Morgan fingerprint density at radius 2 is 2.20 bits per heavy atom. The van der Waals surface area contributed by atoms with Crippen molar-refractivity contribution in [1.82, 2.24) is 15.1 Å². The Morgan fingerprint density at radius 3 is 2.84 bits per heavy atom. The first kappa shape index (κ1) is 18.9. The smallest absolute Gasteiger partial charge is 0.271 e. The van der Waals surface area contributed by atoms with Crippen LogP contribution in [0.25, 0.3) is 0 Å². The molecule has 2 atom stereocenters. The Hall–Kier alpha value is -2.45. The van der Waals surface area contributed by atoms with Crippen molar-refractivity contribution in [2.24, 2.45) is 13.0 Å². The number of rotatable bonds is 4. The van der Waals surface area contributed by atoms with E-state index in [1.807, 2.05) is 20.2 Å². The second-order valence-electron chi connectivity index (χ2n) is 6.06. The largest absolute Gasteiger partial charge is 0.325 e. The van der Waals surface area contributed by atoms with Crippen molar-refractivity contribution in [3.05, 3.63) is 51.8 Å². The first-order valence-electron chi connectivity index (χ1n) is 7.71. The van der Waals surface area contributed by atoms with Crippen molar-refractivity contribution in [2.45, 2.75) is 12.8 Å². The molecule has 1 aromatic carbocycles. The molecule has 0 radical (unpaired) electrons. The van der Waals surface area contributed by atoms with Gasteiger partial charge in [-0.1, -0.05) is 6.07 Å². The summed E-state index contributed by atoms with van der Waals surface area (Å²) < 4.78 is 1.72. The molecule has 1 aromatic heterocycles. The summed E-state index contributed by atoms with van der Waals surface area (Å²) in [6.07, 6.45) is 3.69. The number of aromatic nitrogens is 2. The minimum absolute atomic E-state index is 0. The standard InChI is InChI=1S/C16H19N5O3.ClH/c1-10-3-4-12(21(23)24)5-15(10)19-16(22)14-8-17-7-13(14)11-6-18-20(2)9-11;/h3-6,9,13-14,17H,7-8H2,1-2H3,(H,19,22);1H/t13-,14+;/m1./s1. The summed E-state index contributed by atoms with van der Waals surface area (Å²) in [6.45, 7) is 3.09. The lowest BCUT2D eigenvalue weighted by Gasteiger charge is -2.17. The van der Waals surface area contributed by atoms with Gasteiger partial charge < -0.3 is 10.6 Å². The van der Waals surface area contributed by atoms with Gasteiger partial charge in [-0.15, -0.1) is 12.4 Å². The van der Waals surface area contributed by atoms with Gasteiger partial charge in [-0.2, -0.15) is 5.10 Å². The van der Waals surface area contributed by atoms with E-state index in [2.05, 4.69) is 15.7 Å². The highest BCUT2D eigenvalue weighted by Crippen LogP contribution is 2.30. The van der Waals surface area contributed by atoms with Crippen LogP contribution in [0.2, 0.25) is 0 Å². The van der Waals surface area contributed by atoms with Crippen LogP contribution >= 0.6 is 12.4 Å². The first-order valence-corrected chi connectivity index (χ1v) is 7.71. The van der Waals surface area contributed by atoms with Gasteiger partial charge in [-0.25, -0.2) is 0 Å². The predicted octanol–water partition coefficient (Wildman–Crippen LogP) is 2.00. The van der Waals surface area contributed by atoms with E-state index in [4.69, 9.17) is 0 Å². The molecular formula is C16H20ClN5O3. The van der Waals surface area contributed by atoms with Crippen LogP contribution in [0.4, 0.5) is 11.4 Å². The molecule has 25 heavy (non-hydrogen) atoms. The molecule has 2 heterocycles. The third-order valence-corrected chi connectivity index (χ3v) is 4.39. The zero-order chi connectivity index (χ0) is 17.3. The van der Waals surface area contributed by atoms with Crippen molar-refractivity contribution in [3.8, 4) is 0 Å². The highest BCUT2D eigenvalue weighted by atomic mass is 35.5. The molecule has 3 rings (SSSR count). The minimum atomic E-state index is -0.468. The summed E-state index contributed by atoms with van der Waals surface area (Å²) >= 11 is 0. The van der Waals surface area contributed by atoms with Crippen LogP contribution < -0.4 is 10.6 Å². The fourth-order valence-electron chi connectivity index (χ4n) is 3.02. The number of amides is 1. The van der Waals surface area contributed by atoms with Crippen molar-refractivity contribution >= 4 is 29.7 Å². The molecule has 1 aliphatic heterocycles. The molecule has 0 aliphatic carbocycles. The number of nitrogens with one attached hydrogen (secondary N) is 2. The van der Waals surface area contributed by atoms with Crippen molar-refractivity contribution in [3.63, 3.8) is 0 Å². The van der Waals surface area contributed by atoms with E-state index in [0.717, 1.165) is 11.1 Å². The number of nitro groups is 1. The lowest BCUT2D eigenvalue weighted by atomic mass is 9.90. The van der Waals surface area contributed by atoms with Crippen LogP contribution in [0.5, 0.6) is 0 Å². The third-order valence-electron chi connectivity index (χ3n) is 4.39. The average molecular weight is 366 g/mol. The Morgan fingerprint density at radius 1 is 1.44 bits per heavy atom. The second kappa shape index (κ2) is 7.62. The second-order valence-corrected chi connectivity index (χ2v) is 6.06. The number of carbonyl (C=O) groups is 1. The Balaban J connectivity index is 0.00000225. The number of hydrogen-bond donors (Lipinski definition) is 2. The highest BCUT2D eigenvalue weighted by molar-refractivity contribution is 5.94. The molecule has 2 aromatic rings. The van der Waals surface area contributed by atoms with E-state index in [9.17, 15) is 14.9 Å². The summed E-state index contributed by atoms with van der Waals surface area (Å²) in [5.41, 5.74) is 2.24. The van der Waals surface area contributed by atoms with Crippen LogP contribution in [-0.2, 0) is 11.8 Å². The number of nitrogens with zero attached hydrogens (tertiary/aromatic N) is 3. The Kier molecular flexibility index (Phi) is 5.76. The number of nitro benzene ring substituents is 1. The normalized spacial score (nSPS) is 19.3. The fourth-order valence-corrected chi connectivity index (χ4v) is 3.02. The molecule has 2 N–H and O–H groups in total. The molecular weight excluding hydrogens is 346 g/mol. The Bertz CT molecular complexity index is 792. The number of benzene rings is 1. The number of anilines is 1. The Labute approximate surface area is 151 Å². The maximum Gasteiger partial charge on any atom is 0.271 e. The average Bonchev–Trinajstić information content (AvgIpc) is 3.17. The maximum absolute atomic E-state index is 12.7. The molecule has 1 saturated heterocycles. The molecule has 1 amide bonds. The summed E-state index contributed by atoms with van der Waals surface area (Å²) in [6, 6.07) is 4.47. The van der Waals surface area contributed by atoms with Gasteiger partial charge in [0, 0.05) is 44.4 Å². The predicted molar refractivity (Wildman–Crippen MR) is 96.0 cm³/mol. The van der Waals surface area contributed by atoms with E-state index < -0.39 is 4.92 Å². The number of aryl methyl sites for hydroxylation is 2. The highest BCUT2D eigenvalue weighted by Gasteiger charge is 2.35. The molecule has 0 saturated carbocycles. The molecule has 9 heteroatoms. The van der Waals surface area contributed by atoms with Gasteiger partial charge in [0.05, 0.1) is 22.7 Å². The van der Waals surface area contributed by atoms with Gasteiger partial charge in [-0.3, -0.25) is 19.6 Å². The first-order chi connectivity index (χ1) is 11.5. The van der Waals surface area contributed by atoms with Crippen molar-refractivity contribution in [1.29, 1.82) is 0 Å². The van der Waals surface area contributed by atoms with Gasteiger partial charge in [0.25, 0.3) is 5.69 Å². The number of hydrogen-bond acceptors (Lipinski definition) is 5. The fraction of sp³-hybridized carbons (Fsp3) is 0.375. The summed E-state index contributed by atoms with van der Waals surface area (Å²) in [4.78, 5) is 23.1. The zero-order valence-corrected chi connectivity index (χ0v) is 14.7. The minimum Gasteiger partial charge on any atom is -0.325 e. The van der Waals surface area contributed by atoms with E-state index in [1.54, 1.807) is 16.9 Å². The van der Waals surface area contributed by atoms with E-state index in [0.29, 0.717) is 18.8 Å². The number of carbonyl (C=O) groups excluding carboxylic acids is 1. The van der Waals surface area contributed by atoms with Gasteiger partial charge in [0.1, 0.15) is 0 Å². The monoisotopic (exact) mass is 365 g/mol. The van der Waals surface area contributed by atoms with Crippen LogP contribution in [0.1, 0.15) is 17.0 Å². The lowest BCUT2D eigenvalue weighted by Crippen LogP contribution is -2.28. The summed E-state index contributed by atoms with van der Waals surface area (Å²) in [5, 5.41) is 21.2. The van der Waals surface area contributed by atoms with Crippen LogP contribution in [0.3, 0.4) is 0 Å². The number of halogens is 1. The van der Waals surface area contributed by atoms with Gasteiger partial charge >= 0.3 is 0 Å². The summed E-state index contributed by atoms with van der Waals surface area (Å²) in [7, 11) is 1.84. The molecule has 0 spiro atoms. The van der Waals surface area contributed by atoms with Gasteiger partial charge in [0.15, 0.2) is 0 Å². The number of non-ortho nitro benzene ring substituents is 1. The van der Waals surface area contributed by atoms with Crippen LogP contribution in [0.15, 0.2) is 30.6 Å². The molecule has 8 nitrogen and oxygen atoms in total. The SMILES string of the molecule is Cc1ccc([N+](=O)[O-])cc1NC(=O)[C@H]1CNC[C@@H]1c1cnn(C)c1.Cl. The zero-order valence-electron chi connectivity index (χ0n) is 13.9. The van der Waals surface area contributed by atoms with E-state index >= 15 is 0 Å². The molecule has 1 fully saturated rings. The van der Waals surface area contributed by atoms with Gasteiger partial charge in [-0.05, 0) is 18.1 Å². The van der Waals surface area contributed by atoms with Crippen molar-refractivity contribution in [2.75, 3.05) is 18.4 Å². The van der Waals surface area contributed by atoms with Crippen LogP contribution in [0, 0.1) is 23.0 Å². The van der Waals surface area contributed by atoms with E-state index in [-0.39, 0.29) is 35.8 Å². The molecule has 0 unspecified atom stereocenters. The van der Waals surface area contributed by atoms with E-state index in [1.165, 1.54) is 12.1 Å². The third kappa shape index (κ3) is 3.97. The van der Waals surface area contributed by atoms with Crippen molar-refractivity contribution < 1.29 is 9.72 Å².